The molecule has 0 saturated carbocycles. The van der Waals surface area contributed by atoms with Gasteiger partial charge in [0.1, 0.15) is 5.82 Å². The van der Waals surface area contributed by atoms with Gasteiger partial charge in [0.15, 0.2) is 0 Å². The van der Waals surface area contributed by atoms with Crippen LogP contribution in [-0.4, -0.2) is 23.6 Å². The third-order valence-corrected chi connectivity index (χ3v) is 3.62. The van der Waals surface area contributed by atoms with Crippen molar-refractivity contribution in [3.8, 4) is 0 Å². The Morgan fingerprint density at radius 2 is 2.16 bits per heavy atom. The molecule has 19 heavy (non-hydrogen) atoms. The van der Waals surface area contributed by atoms with Gasteiger partial charge in [-0.2, -0.15) is 13.2 Å². The van der Waals surface area contributed by atoms with Gasteiger partial charge in [0.25, 0.3) is 0 Å². The van der Waals surface area contributed by atoms with Crippen LogP contribution in [0.4, 0.5) is 19.0 Å². The molecule has 106 valence electrons. The van der Waals surface area contributed by atoms with Crippen molar-refractivity contribution in [2.45, 2.75) is 38.0 Å². The molecule has 0 bridgehead atoms. The number of aromatic nitrogens is 1. The van der Waals surface area contributed by atoms with Crippen molar-refractivity contribution < 1.29 is 13.2 Å². The van der Waals surface area contributed by atoms with E-state index in [-0.39, 0.29) is 17.1 Å². The minimum absolute atomic E-state index is 0.0251. The fourth-order valence-corrected chi connectivity index (χ4v) is 2.60. The minimum atomic E-state index is -4.43. The first-order valence-corrected chi connectivity index (χ1v) is 6.42. The summed E-state index contributed by atoms with van der Waals surface area (Å²) in [5.41, 5.74) is 5.02. The summed E-state index contributed by atoms with van der Waals surface area (Å²) in [6, 6.07) is 1.16. The van der Waals surface area contributed by atoms with E-state index in [1.807, 2.05) is 11.8 Å². The highest BCUT2D eigenvalue weighted by Crippen LogP contribution is 2.35. The maximum Gasteiger partial charge on any atom is 0.417 e. The summed E-state index contributed by atoms with van der Waals surface area (Å²) in [5.74, 6) is 0.397. The predicted octanol–water partition coefficient (Wildman–Crippen LogP) is 3.07. The highest BCUT2D eigenvalue weighted by atomic mass is 35.5. The number of halogens is 4. The highest BCUT2D eigenvalue weighted by Gasteiger charge is 2.33. The van der Waals surface area contributed by atoms with Crippen molar-refractivity contribution in [1.29, 1.82) is 0 Å². The number of rotatable bonds is 1. The summed E-state index contributed by atoms with van der Waals surface area (Å²) < 4.78 is 37.6. The summed E-state index contributed by atoms with van der Waals surface area (Å²) in [6.45, 7) is 2.62. The van der Waals surface area contributed by atoms with Gasteiger partial charge in [-0.1, -0.05) is 11.6 Å². The molecule has 0 spiro atoms. The molecule has 0 aromatic carbocycles. The zero-order valence-electron chi connectivity index (χ0n) is 10.4. The number of hydrogen-bond donors (Lipinski definition) is 1. The maximum absolute atomic E-state index is 12.5. The number of alkyl halides is 3. The molecule has 1 aromatic heterocycles. The topological polar surface area (TPSA) is 42.1 Å². The molecule has 2 heterocycles. The van der Waals surface area contributed by atoms with E-state index in [4.69, 9.17) is 17.3 Å². The van der Waals surface area contributed by atoms with Gasteiger partial charge in [0, 0.05) is 24.8 Å². The molecular weight excluding hydrogens is 279 g/mol. The molecule has 0 amide bonds. The Kier molecular flexibility index (Phi) is 3.92. The van der Waals surface area contributed by atoms with E-state index < -0.39 is 11.7 Å². The molecular formula is C12H15ClF3N3. The normalized spacial score (nSPS) is 24.6. The third kappa shape index (κ3) is 3.12. The van der Waals surface area contributed by atoms with Gasteiger partial charge >= 0.3 is 6.18 Å². The predicted molar refractivity (Wildman–Crippen MR) is 68.3 cm³/mol. The lowest BCUT2D eigenvalue weighted by atomic mass is 9.99. The molecule has 7 heteroatoms. The lowest BCUT2D eigenvalue weighted by Gasteiger charge is -2.37. The number of pyridine rings is 1. The van der Waals surface area contributed by atoms with Crippen LogP contribution in [0.15, 0.2) is 12.3 Å². The SMILES string of the molecule is CC1CC(N)CCN1c1ncc(C(F)(F)F)cc1Cl. The molecule has 2 N–H and O–H groups in total. The molecule has 1 fully saturated rings. The Morgan fingerprint density at radius 1 is 1.47 bits per heavy atom. The van der Waals surface area contributed by atoms with E-state index in [0.717, 1.165) is 25.1 Å². The Balaban J connectivity index is 2.26. The van der Waals surface area contributed by atoms with E-state index in [1.165, 1.54) is 0 Å². The molecule has 2 rings (SSSR count). The van der Waals surface area contributed by atoms with E-state index in [9.17, 15) is 13.2 Å². The van der Waals surface area contributed by atoms with Crippen LogP contribution in [0.25, 0.3) is 0 Å². The van der Waals surface area contributed by atoms with Crippen LogP contribution in [0.2, 0.25) is 5.02 Å². The highest BCUT2D eigenvalue weighted by molar-refractivity contribution is 6.33. The zero-order valence-corrected chi connectivity index (χ0v) is 11.2. The minimum Gasteiger partial charge on any atom is -0.353 e. The molecule has 1 aromatic rings. The second-order valence-corrected chi connectivity index (χ2v) is 5.26. The largest absolute Gasteiger partial charge is 0.417 e. The van der Waals surface area contributed by atoms with Crippen molar-refractivity contribution in [2.24, 2.45) is 5.73 Å². The quantitative estimate of drug-likeness (QED) is 0.865. The van der Waals surface area contributed by atoms with Crippen LogP contribution >= 0.6 is 11.6 Å². The number of hydrogen-bond acceptors (Lipinski definition) is 3. The van der Waals surface area contributed by atoms with Crippen LogP contribution in [0, 0.1) is 0 Å². The fourth-order valence-electron chi connectivity index (χ4n) is 2.32. The van der Waals surface area contributed by atoms with Gasteiger partial charge in [-0.05, 0) is 25.8 Å². The van der Waals surface area contributed by atoms with Crippen LogP contribution in [0.3, 0.4) is 0 Å². The monoisotopic (exact) mass is 293 g/mol. The van der Waals surface area contributed by atoms with E-state index >= 15 is 0 Å². The van der Waals surface area contributed by atoms with Gasteiger partial charge in [0.2, 0.25) is 0 Å². The Hall–Kier alpha value is -1.01. The van der Waals surface area contributed by atoms with E-state index in [1.54, 1.807) is 0 Å². The van der Waals surface area contributed by atoms with E-state index in [0.29, 0.717) is 12.4 Å². The Labute approximate surface area is 114 Å². The van der Waals surface area contributed by atoms with Crippen LogP contribution < -0.4 is 10.6 Å². The molecule has 2 unspecified atom stereocenters. The lowest BCUT2D eigenvalue weighted by molar-refractivity contribution is -0.137. The Bertz CT molecular complexity index is 464. The standard InChI is InChI=1S/C12H15ClF3N3/c1-7-4-9(17)2-3-19(7)11-10(13)5-8(6-18-11)12(14,15)16/h5-7,9H,2-4,17H2,1H3. The second kappa shape index (κ2) is 5.17. The smallest absolute Gasteiger partial charge is 0.353 e. The molecule has 1 aliphatic rings. The summed E-state index contributed by atoms with van der Waals surface area (Å²) >= 11 is 5.94. The summed E-state index contributed by atoms with van der Waals surface area (Å²) in [5, 5.41) is 0.0251. The molecule has 1 saturated heterocycles. The van der Waals surface area contributed by atoms with E-state index in [2.05, 4.69) is 4.98 Å². The molecule has 2 atom stereocenters. The second-order valence-electron chi connectivity index (χ2n) is 4.85. The number of nitrogens with zero attached hydrogens (tertiary/aromatic N) is 2. The summed E-state index contributed by atoms with van der Waals surface area (Å²) in [4.78, 5) is 5.79. The molecule has 0 aliphatic carbocycles. The molecule has 1 aliphatic heterocycles. The lowest BCUT2D eigenvalue weighted by Crippen LogP contribution is -2.46. The number of piperidine rings is 1. The zero-order chi connectivity index (χ0) is 14.2. The first-order chi connectivity index (χ1) is 8.79. The molecule has 0 radical (unpaired) electrons. The first-order valence-electron chi connectivity index (χ1n) is 6.04. The van der Waals surface area contributed by atoms with Crippen molar-refractivity contribution >= 4 is 17.4 Å². The van der Waals surface area contributed by atoms with Crippen molar-refractivity contribution in [2.75, 3.05) is 11.4 Å². The van der Waals surface area contributed by atoms with Crippen molar-refractivity contribution in [3.05, 3.63) is 22.8 Å². The molecule has 3 nitrogen and oxygen atoms in total. The van der Waals surface area contributed by atoms with Crippen molar-refractivity contribution in [3.63, 3.8) is 0 Å². The Morgan fingerprint density at radius 3 is 2.68 bits per heavy atom. The number of anilines is 1. The number of nitrogens with two attached hydrogens (primary N) is 1. The van der Waals surface area contributed by atoms with Crippen LogP contribution in [-0.2, 0) is 6.18 Å². The fraction of sp³-hybridized carbons (Fsp3) is 0.583. The summed E-state index contributed by atoms with van der Waals surface area (Å²) in [6.07, 6.45) is -2.05. The summed E-state index contributed by atoms with van der Waals surface area (Å²) in [7, 11) is 0. The van der Waals surface area contributed by atoms with Gasteiger partial charge in [-0.3, -0.25) is 0 Å². The van der Waals surface area contributed by atoms with Gasteiger partial charge in [-0.15, -0.1) is 0 Å². The van der Waals surface area contributed by atoms with Crippen molar-refractivity contribution in [1.82, 2.24) is 4.98 Å². The average molecular weight is 294 g/mol. The first kappa shape index (κ1) is 14.4. The maximum atomic E-state index is 12.5. The van der Waals surface area contributed by atoms with Gasteiger partial charge in [0.05, 0.1) is 10.6 Å². The van der Waals surface area contributed by atoms with Crippen LogP contribution in [0.1, 0.15) is 25.3 Å². The third-order valence-electron chi connectivity index (χ3n) is 3.34. The van der Waals surface area contributed by atoms with Gasteiger partial charge < -0.3 is 10.6 Å². The average Bonchev–Trinajstić information content (AvgIpc) is 2.28. The van der Waals surface area contributed by atoms with Gasteiger partial charge in [-0.25, -0.2) is 4.98 Å². The van der Waals surface area contributed by atoms with Crippen LogP contribution in [0.5, 0.6) is 0 Å².